The smallest absolute Gasteiger partial charge is 0.198 e. The topological polar surface area (TPSA) is 48.0 Å². The van der Waals surface area contributed by atoms with Crippen LogP contribution in [0, 0.1) is 0 Å². The fraction of sp³-hybridized carbons (Fsp3) is 0.842. The molecule has 0 aromatic heterocycles. The molecule has 3 fully saturated rings. The highest BCUT2D eigenvalue weighted by molar-refractivity contribution is 6.74. The zero-order valence-corrected chi connectivity index (χ0v) is 17.1. The molecule has 3 heterocycles. The van der Waals surface area contributed by atoms with Gasteiger partial charge in [0.05, 0.1) is 19.3 Å². The fourth-order valence-electron chi connectivity index (χ4n) is 4.88. The van der Waals surface area contributed by atoms with E-state index in [1.54, 1.807) is 6.08 Å². The van der Waals surface area contributed by atoms with Gasteiger partial charge in [-0.3, -0.25) is 4.79 Å². The first-order valence-electron chi connectivity index (χ1n) is 9.57. The molecular formula is C19H31NO4Si. The average Bonchev–Trinajstić information content (AvgIpc) is 3.06. The van der Waals surface area contributed by atoms with Crippen molar-refractivity contribution in [3.05, 3.63) is 12.3 Å². The van der Waals surface area contributed by atoms with Gasteiger partial charge in [0.1, 0.15) is 5.60 Å². The Morgan fingerprint density at radius 3 is 2.60 bits per heavy atom. The molecule has 25 heavy (non-hydrogen) atoms. The van der Waals surface area contributed by atoms with Crippen molar-refractivity contribution in [2.24, 2.45) is 0 Å². The fourth-order valence-corrected chi connectivity index (χ4v) is 6.47. The highest BCUT2D eigenvalue weighted by Crippen LogP contribution is 2.58. The Bertz CT molecular complexity index is 605. The summed E-state index contributed by atoms with van der Waals surface area (Å²) in [4.78, 5) is 14.6. The Labute approximate surface area is 151 Å². The quantitative estimate of drug-likeness (QED) is 0.703. The van der Waals surface area contributed by atoms with Gasteiger partial charge < -0.3 is 18.8 Å². The highest BCUT2D eigenvalue weighted by Gasteiger charge is 2.71. The second kappa shape index (κ2) is 5.41. The van der Waals surface area contributed by atoms with Gasteiger partial charge in [0, 0.05) is 31.5 Å². The molecule has 0 aromatic rings. The lowest BCUT2D eigenvalue weighted by Crippen LogP contribution is -2.67. The summed E-state index contributed by atoms with van der Waals surface area (Å²) in [6.07, 6.45) is 6.98. The summed E-state index contributed by atoms with van der Waals surface area (Å²) < 4.78 is 19.7. The number of fused-ring (bicyclic) bond motifs is 6. The van der Waals surface area contributed by atoms with Crippen molar-refractivity contribution in [3.63, 3.8) is 0 Å². The van der Waals surface area contributed by atoms with Crippen molar-refractivity contribution >= 4 is 14.1 Å². The second-order valence-electron chi connectivity index (χ2n) is 9.55. The van der Waals surface area contributed by atoms with Crippen LogP contribution in [0.1, 0.15) is 46.5 Å². The Morgan fingerprint density at radius 2 is 1.96 bits per heavy atom. The van der Waals surface area contributed by atoms with E-state index in [1.807, 2.05) is 6.20 Å². The van der Waals surface area contributed by atoms with E-state index >= 15 is 0 Å². The van der Waals surface area contributed by atoms with Crippen molar-refractivity contribution in [1.82, 2.24) is 4.90 Å². The van der Waals surface area contributed by atoms with E-state index in [0.717, 1.165) is 19.3 Å². The minimum atomic E-state index is -2.07. The molecule has 0 N–H and O–H groups in total. The van der Waals surface area contributed by atoms with E-state index in [2.05, 4.69) is 38.8 Å². The lowest BCUT2D eigenvalue weighted by Gasteiger charge is -2.54. The predicted octanol–water partition coefficient (Wildman–Crippen LogP) is 3.21. The standard InChI is InChI=1S/C19H31NO4Si/c1-17(2,3)25(4,5)24-18-13-14(6-8-19(18)22-10-11-23-19)20-9-7-15(21)12-16(18)20/h7,9,14,16H,6,8,10-13H2,1-5H3/t14-,16-,18-/m1/s1. The first-order valence-corrected chi connectivity index (χ1v) is 12.5. The Balaban J connectivity index is 1.81. The molecule has 0 amide bonds. The molecule has 3 aliphatic heterocycles. The van der Waals surface area contributed by atoms with E-state index < -0.39 is 19.7 Å². The van der Waals surface area contributed by atoms with Gasteiger partial charge >= 0.3 is 0 Å². The Kier molecular flexibility index (Phi) is 3.83. The van der Waals surface area contributed by atoms with Crippen molar-refractivity contribution in [3.8, 4) is 0 Å². The molecule has 0 radical (unpaired) electrons. The van der Waals surface area contributed by atoms with Crippen LogP contribution in [0.3, 0.4) is 0 Å². The van der Waals surface area contributed by atoms with Crippen molar-refractivity contribution in [2.75, 3.05) is 13.2 Å². The van der Waals surface area contributed by atoms with Crippen LogP contribution in [-0.4, -0.2) is 55.7 Å². The number of carbonyl (C=O) groups excluding carboxylic acids is 1. The normalized spacial score (nSPS) is 37.0. The van der Waals surface area contributed by atoms with E-state index in [0.29, 0.717) is 25.7 Å². The van der Waals surface area contributed by atoms with Gasteiger partial charge in [-0.15, -0.1) is 0 Å². The molecule has 0 aromatic carbocycles. The number of nitrogens with zero attached hydrogens (tertiary/aromatic N) is 1. The van der Waals surface area contributed by atoms with Gasteiger partial charge in [-0.1, -0.05) is 20.8 Å². The molecule has 5 nitrogen and oxygen atoms in total. The SMILES string of the molecule is CC(C)(C)[Si](C)(C)O[C@@]12C[C@@H](CCC13OCCO3)N1C=CC(=O)C[C@@H]12. The van der Waals surface area contributed by atoms with Crippen LogP contribution in [0.15, 0.2) is 12.3 Å². The van der Waals surface area contributed by atoms with E-state index in [4.69, 9.17) is 13.9 Å². The number of hydrogen-bond acceptors (Lipinski definition) is 5. The van der Waals surface area contributed by atoms with Gasteiger partial charge in [0.2, 0.25) is 0 Å². The predicted molar refractivity (Wildman–Crippen MR) is 97.7 cm³/mol. The zero-order chi connectivity index (χ0) is 18.1. The van der Waals surface area contributed by atoms with Gasteiger partial charge in [0.15, 0.2) is 19.9 Å². The van der Waals surface area contributed by atoms with Crippen LogP contribution in [0.2, 0.25) is 18.1 Å². The number of carbonyl (C=O) groups is 1. The Morgan fingerprint density at radius 1 is 1.28 bits per heavy atom. The summed E-state index contributed by atoms with van der Waals surface area (Å²) in [5.41, 5.74) is -0.546. The molecule has 2 saturated heterocycles. The van der Waals surface area contributed by atoms with Crippen LogP contribution in [-0.2, 0) is 18.7 Å². The van der Waals surface area contributed by atoms with E-state index in [9.17, 15) is 4.79 Å². The highest BCUT2D eigenvalue weighted by atomic mass is 28.4. The molecule has 0 unspecified atom stereocenters. The van der Waals surface area contributed by atoms with Gasteiger partial charge in [-0.25, -0.2) is 0 Å². The minimum absolute atomic E-state index is 0.0183. The summed E-state index contributed by atoms with van der Waals surface area (Å²) in [6, 6.07) is 0.433. The largest absolute Gasteiger partial charge is 0.404 e. The maximum absolute atomic E-state index is 12.3. The first kappa shape index (κ1) is 17.7. The molecule has 1 saturated carbocycles. The number of allylic oxidation sites excluding steroid dienone is 1. The molecule has 4 aliphatic rings. The van der Waals surface area contributed by atoms with Crippen LogP contribution in [0.4, 0.5) is 0 Å². The third-order valence-electron chi connectivity index (χ3n) is 7.13. The second-order valence-corrected chi connectivity index (χ2v) is 14.3. The maximum Gasteiger partial charge on any atom is 0.198 e. The molecule has 2 bridgehead atoms. The minimum Gasteiger partial charge on any atom is -0.404 e. The van der Waals surface area contributed by atoms with Crippen molar-refractivity contribution in [1.29, 1.82) is 0 Å². The molecule has 1 aliphatic carbocycles. The van der Waals surface area contributed by atoms with E-state index in [1.165, 1.54) is 0 Å². The molecular weight excluding hydrogens is 334 g/mol. The number of ketones is 1. The zero-order valence-electron chi connectivity index (χ0n) is 16.1. The summed E-state index contributed by atoms with van der Waals surface area (Å²) in [7, 11) is -2.07. The van der Waals surface area contributed by atoms with Crippen LogP contribution in [0.5, 0.6) is 0 Å². The molecule has 140 valence electrons. The van der Waals surface area contributed by atoms with Crippen LogP contribution >= 0.6 is 0 Å². The number of ether oxygens (including phenoxy) is 2. The maximum atomic E-state index is 12.3. The summed E-state index contributed by atoms with van der Waals surface area (Å²) >= 11 is 0. The van der Waals surface area contributed by atoms with Crippen LogP contribution in [0.25, 0.3) is 0 Å². The van der Waals surface area contributed by atoms with Crippen LogP contribution < -0.4 is 0 Å². The number of hydrogen-bond donors (Lipinski definition) is 0. The molecule has 6 heteroatoms. The first-order chi connectivity index (χ1) is 11.6. The van der Waals surface area contributed by atoms with Gasteiger partial charge in [0.25, 0.3) is 0 Å². The van der Waals surface area contributed by atoms with Gasteiger partial charge in [-0.05, 0) is 30.6 Å². The van der Waals surface area contributed by atoms with Crippen molar-refractivity contribution < 1.29 is 18.7 Å². The summed E-state index contributed by atoms with van der Waals surface area (Å²) in [5, 5.41) is 0.0937. The average molecular weight is 366 g/mol. The summed E-state index contributed by atoms with van der Waals surface area (Å²) in [6.45, 7) is 12.6. The summed E-state index contributed by atoms with van der Waals surface area (Å²) in [5.74, 6) is -0.510. The Hall–Kier alpha value is -0.693. The molecule has 1 spiro atoms. The van der Waals surface area contributed by atoms with E-state index in [-0.39, 0.29) is 16.9 Å². The lowest BCUT2D eigenvalue weighted by atomic mass is 9.75. The monoisotopic (exact) mass is 365 g/mol. The molecule has 4 rings (SSSR count). The van der Waals surface area contributed by atoms with Crippen molar-refractivity contribution in [2.45, 2.75) is 88.1 Å². The molecule has 3 atom stereocenters. The number of rotatable bonds is 2. The third-order valence-corrected chi connectivity index (χ3v) is 11.6. The lowest BCUT2D eigenvalue weighted by molar-refractivity contribution is -0.277. The van der Waals surface area contributed by atoms with Gasteiger partial charge in [-0.2, -0.15) is 0 Å². The third kappa shape index (κ3) is 2.41.